The van der Waals surface area contributed by atoms with Crippen molar-refractivity contribution in [1.82, 2.24) is 0 Å². The first-order chi connectivity index (χ1) is 8.10. The predicted molar refractivity (Wildman–Crippen MR) is 69.2 cm³/mol. The number of nitrogens with two attached hydrogens (primary N) is 1. The third kappa shape index (κ3) is 2.70. The van der Waals surface area contributed by atoms with Crippen LogP contribution in [0.1, 0.15) is 12.5 Å². The zero-order valence-corrected chi connectivity index (χ0v) is 10.4. The molecule has 1 aromatic carbocycles. The lowest BCUT2D eigenvalue weighted by atomic mass is 10.1. The number of hydrogen-bond donors (Lipinski definition) is 2. The average molecular weight is 236 g/mol. The van der Waals surface area contributed by atoms with Gasteiger partial charge in [0.15, 0.2) is 0 Å². The maximum atomic E-state index is 9.22. The van der Waals surface area contributed by atoms with E-state index in [9.17, 15) is 5.11 Å². The summed E-state index contributed by atoms with van der Waals surface area (Å²) in [6.45, 7) is 5.70. The van der Waals surface area contributed by atoms with E-state index in [1.807, 2.05) is 25.1 Å². The Morgan fingerprint density at radius 1 is 1.47 bits per heavy atom. The molecule has 0 saturated carbocycles. The Morgan fingerprint density at radius 2 is 2.24 bits per heavy atom. The van der Waals surface area contributed by atoms with Gasteiger partial charge in [-0.1, -0.05) is 6.07 Å². The molecule has 2 rings (SSSR count). The number of morpholine rings is 1. The quantitative estimate of drug-likeness (QED) is 0.757. The van der Waals surface area contributed by atoms with Gasteiger partial charge in [0.2, 0.25) is 0 Å². The number of aryl methyl sites for hydroxylation is 1. The summed E-state index contributed by atoms with van der Waals surface area (Å²) in [4.78, 5) is 2.24. The molecule has 1 saturated heterocycles. The van der Waals surface area contributed by atoms with Crippen molar-refractivity contribution in [1.29, 1.82) is 0 Å². The average Bonchev–Trinajstić information content (AvgIpc) is 2.31. The van der Waals surface area contributed by atoms with Crippen LogP contribution in [-0.2, 0) is 4.74 Å². The second-order valence-electron chi connectivity index (χ2n) is 4.70. The molecule has 1 aliphatic rings. The number of ether oxygens (including phenoxy) is 1. The zero-order chi connectivity index (χ0) is 12.4. The highest BCUT2D eigenvalue weighted by atomic mass is 16.5. The van der Waals surface area contributed by atoms with Gasteiger partial charge in [-0.15, -0.1) is 0 Å². The van der Waals surface area contributed by atoms with Crippen LogP contribution >= 0.6 is 0 Å². The Balaban J connectivity index is 2.23. The van der Waals surface area contributed by atoms with Crippen molar-refractivity contribution in [3.8, 4) is 0 Å². The number of nitrogens with zero attached hydrogens (tertiary/aromatic N) is 1. The number of anilines is 2. The van der Waals surface area contributed by atoms with Crippen LogP contribution in [0, 0.1) is 6.92 Å². The van der Waals surface area contributed by atoms with Crippen molar-refractivity contribution in [3.05, 3.63) is 23.8 Å². The van der Waals surface area contributed by atoms with Gasteiger partial charge >= 0.3 is 0 Å². The maximum absolute atomic E-state index is 9.22. The molecule has 0 bridgehead atoms. The molecule has 2 unspecified atom stereocenters. The third-order valence-corrected chi connectivity index (χ3v) is 3.10. The second-order valence-corrected chi connectivity index (χ2v) is 4.70. The van der Waals surface area contributed by atoms with Gasteiger partial charge in [0.1, 0.15) is 0 Å². The van der Waals surface area contributed by atoms with E-state index >= 15 is 0 Å². The molecule has 0 radical (unpaired) electrons. The molecule has 1 aromatic rings. The minimum Gasteiger partial charge on any atom is -0.399 e. The Bertz CT molecular complexity index is 395. The molecule has 17 heavy (non-hydrogen) atoms. The molecule has 0 aliphatic carbocycles. The van der Waals surface area contributed by atoms with Crippen molar-refractivity contribution in [2.45, 2.75) is 26.1 Å². The summed E-state index contributed by atoms with van der Waals surface area (Å²) in [5.74, 6) is 0. The van der Waals surface area contributed by atoms with Crippen molar-refractivity contribution in [3.63, 3.8) is 0 Å². The van der Waals surface area contributed by atoms with E-state index in [1.54, 1.807) is 0 Å². The molecule has 3 N–H and O–H groups in total. The molecule has 0 spiro atoms. The number of aliphatic hydroxyl groups excluding tert-OH is 1. The smallest absolute Gasteiger partial charge is 0.0984 e. The van der Waals surface area contributed by atoms with Gasteiger partial charge in [-0.25, -0.2) is 0 Å². The summed E-state index contributed by atoms with van der Waals surface area (Å²) in [7, 11) is 0. The number of aliphatic hydroxyl groups is 1. The summed E-state index contributed by atoms with van der Waals surface area (Å²) < 4.78 is 5.63. The van der Waals surface area contributed by atoms with E-state index in [4.69, 9.17) is 10.5 Å². The normalized spacial score (nSPS) is 25.0. The van der Waals surface area contributed by atoms with Gasteiger partial charge < -0.3 is 20.5 Å². The van der Waals surface area contributed by atoms with Crippen molar-refractivity contribution in [2.24, 2.45) is 0 Å². The summed E-state index contributed by atoms with van der Waals surface area (Å²) >= 11 is 0. The minimum atomic E-state index is -0.111. The van der Waals surface area contributed by atoms with Crippen LogP contribution in [0.3, 0.4) is 0 Å². The van der Waals surface area contributed by atoms with Crippen LogP contribution in [0.15, 0.2) is 18.2 Å². The topological polar surface area (TPSA) is 58.7 Å². The molecule has 2 atom stereocenters. The Morgan fingerprint density at radius 3 is 2.94 bits per heavy atom. The van der Waals surface area contributed by atoms with E-state index < -0.39 is 0 Å². The van der Waals surface area contributed by atoms with Crippen LogP contribution < -0.4 is 10.6 Å². The number of nitrogen functional groups attached to an aromatic ring is 1. The van der Waals surface area contributed by atoms with Gasteiger partial charge in [0.25, 0.3) is 0 Å². The van der Waals surface area contributed by atoms with E-state index in [0.29, 0.717) is 6.54 Å². The Labute approximate surface area is 102 Å². The van der Waals surface area contributed by atoms with Gasteiger partial charge in [0.05, 0.1) is 18.8 Å². The van der Waals surface area contributed by atoms with E-state index in [1.165, 1.54) is 5.56 Å². The first-order valence-electron chi connectivity index (χ1n) is 5.97. The van der Waals surface area contributed by atoms with Crippen molar-refractivity contribution >= 4 is 11.4 Å². The first kappa shape index (κ1) is 12.2. The molecule has 1 aliphatic heterocycles. The molecule has 1 fully saturated rings. The minimum absolute atomic E-state index is 0.0577. The predicted octanol–water partition coefficient (Wildman–Crippen LogP) is 1.16. The molecule has 1 heterocycles. The fourth-order valence-electron chi connectivity index (χ4n) is 2.31. The fraction of sp³-hybridized carbons (Fsp3) is 0.538. The summed E-state index contributed by atoms with van der Waals surface area (Å²) in [5, 5.41) is 9.22. The summed E-state index contributed by atoms with van der Waals surface area (Å²) in [5.41, 5.74) is 8.93. The molecular weight excluding hydrogens is 216 g/mol. The monoisotopic (exact) mass is 236 g/mol. The highest BCUT2D eigenvalue weighted by molar-refractivity contribution is 5.61. The molecule has 4 heteroatoms. The first-order valence-corrected chi connectivity index (χ1v) is 5.97. The third-order valence-electron chi connectivity index (χ3n) is 3.10. The molecular formula is C13H20N2O2. The van der Waals surface area contributed by atoms with Gasteiger partial charge in [-0.3, -0.25) is 0 Å². The lowest BCUT2D eigenvalue weighted by molar-refractivity contribution is -0.0421. The van der Waals surface area contributed by atoms with Gasteiger partial charge in [-0.05, 0) is 31.5 Å². The van der Waals surface area contributed by atoms with Crippen LogP contribution in [0.5, 0.6) is 0 Å². The molecule has 0 amide bonds. The van der Waals surface area contributed by atoms with Crippen LogP contribution in [0.2, 0.25) is 0 Å². The van der Waals surface area contributed by atoms with Crippen LogP contribution in [-0.4, -0.2) is 37.0 Å². The van der Waals surface area contributed by atoms with Crippen LogP contribution in [0.25, 0.3) is 0 Å². The lowest BCUT2D eigenvalue weighted by Crippen LogP contribution is -2.48. The van der Waals surface area contributed by atoms with Crippen LogP contribution in [0.4, 0.5) is 11.4 Å². The van der Waals surface area contributed by atoms with E-state index in [-0.39, 0.29) is 18.8 Å². The SMILES string of the molecule is Cc1ccc(N)cc1N1CC(C)OC(CO)C1. The highest BCUT2D eigenvalue weighted by Gasteiger charge is 2.25. The highest BCUT2D eigenvalue weighted by Crippen LogP contribution is 2.26. The van der Waals surface area contributed by atoms with Gasteiger partial charge in [0, 0.05) is 24.5 Å². The zero-order valence-electron chi connectivity index (χ0n) is 10.4. The lowest BCUT2D eigenvalue weighted by Gasteiger charge is -2.38. The molecule has 0 aromatic heterocycles. The Kier molecular flexibility index (Phi) is 3.54. The Hall–Kier alpha value is -1.26. The number of rotatable bonds is 2. The van der Waals surface area contributed by atoms with E-state index in [2.05, 4.69) is 11.8 Å². The summed E-state index contributed by atoms with van der Waals surface area (Å²) in [6, 6.07) is 5.92. The second kappa shape index (κ2) is 4.94. The number of benzene rings is 1. The molecule has 4 nitrogen and oxygen atoms in total. The number of hydrogen-bond acceptors (Lipinski definition) is 4. The standard InChI is InChI=1S/C13H20N2O2/c1-9-3-4-11(14)5-13(9)15-6-10(2)17-12(7-15)8-16/h3-5,10,12,16H,6-8,14H2,1-2H3. The van der Waals surface area contributed by atoms with Crippen molar-refractivity contribution in [2.75, 3.05) is 30.3 Å². The molecule has 94 valence electrons. The van der Waals surface area contributed by atoms with E-state index in [0.717, 1.165) is 17.9 Å². The van der Waals surface area contributed by atoms with Crippen molar-refractivity contribution < 1.29 is 9.84 Å². The fourth-order valence-corrected chi connectivity index (χ4v) is 2.31. The summed E-state index contributed by atoms with van der Waals surface area (Å²) in [6.07, 6.45) is 0.0151. The maximum Gasteiger partial charge on any atom is 0.0984 e. The largest absolute Gasteiger partial charge is 0.399 e. The van der Waals surface area contributed by atoms with Gasteiger partial charge in [-0.2, -0.15) is 0 Å².